The van der Waals surface area contributed by atoms with Crippen LogP contribution in [0.5, 0.6) is 0 Å². The molecule has 1 atom stereocenters. The van der Waals surface area contributed by atoms with Gasteiger partial charge in [-0.15, -0.1) is 0 Å². The molecule has 1 aromatic heterocycles. The van der Waals surface area contributed by atoms with Crippen molar-refractivity contribution in [3.63, 3.8) is 0 Å². The van der Waals surface area contributed by atoms with Crippen LogP contribution >= 0.6 is 11.5 Å². The fourth-order valence-electron chi connectivity index (χ4n) is 4.71. The number of carbonyl (C=O) groups is 2. The molecule has 1 heterocycles. The van der Waals surface area contributed by atoms with E-state index in [0.717, 1.165) is 35.1 Å². The Balaban J connectivity index is 1.37. The molecule has 0 unspecified atom stereocenters. The van der Waals surface area contributed by atoms with E-state index < -0.39 is 17.6 Å². The number of nitriles is 1. The standard InChI is InChI=1S/C31H27N3O4S/c1-19-27(33-30(36)38-20(2)21-7-5-4-6-8-21)28(39-34-19)26-14-11-23(17-24(26)18-32)22-9-12-25(13-10-22)31(15-16-31)29(35)37-3/h4-14,17,20H,15-16H2,1-3H3,(H,33,36)/t20-/m1/s1. The van der Waals surface area contributed by atoms with Gasteiger partial charge in [0.15, 0.2) is 0 Å². The summed E-state index contributed by atoms with van der Waals surface area (Å²) >= 11 is 1.22. The van der Waals surface area contributed by atoms with E-state index in [1.807, 2.05) is 79.7 Å². The van der Waals surface area contributed by atoms with Gasteiger partial charge in [-0.1, -0.05) is 66.7 Å². The normalized spacial score (nSPS) is 14.1. The molecule has 1 aliphatic rings. The van der Waals surface area contributed by atoms with Crippen molar-refractivity contribution in [2.75, 3.05) is 12.4 Å². The zero-order valence-corrected chi connectivity index (χ0v) is 22.7. The summed E-state index contributed by atoms with van der Waals surface area (Å²) < 4.78 is 15.0. The SMILES string of the molecule is COC(=O)C1(c2ccc(-c3ccc(-c4snc(C)c4NC(=O)O[C@H](C)c4ccccc4)c(C#N)c3)cc2)CC1. The molecule has 7 nitrogen and oxygen atoms in total. The van der Waals surface area contributed by atoms with Crippen LogP contribution in [0.1, 0.15) is 48.3 Å². The smallest absolute Gasteiger partial charge is 0.412 e. The maximum atomic E-state index is 12.7. The third kappa shape index (κ3) is 5.14. The van der Waals surface area contributed by atoms with E-state index in [9.17, 15) is 14.9 Å². The molecule has 39 heavy (non-hydrogen) atoms. The monoisotopic (exact) mass is 537 g/mol. The number of rotatable bonds is 7. The van der Waals surface area contributed by atoms with Crippen LogP contribution in [0.4, 0.5) is 10.5 Å². The number of nitrogens with one attached hydrogen (secondary N) is 1. The predicted octanol–water partition coefficient (Wildman–Crippen LogP) is 7.17. The number of benzene rings is 3. The van der Waals surface area contributed by atoms with Crippen molar-refractivity contribution >= 4 is 29.3 Å². The summed E-state index contributed by atoms with van der Waals surface area (Å²) in [4.78, 5) is 25.6. The molecule has 196 valence electrons. The number of carbonyl (C=O) groups excluding carboxylic acids is 2. The summed E-state index contributed by atoms with van der Waals surface area (Å²) in [6.45, 7) is 3.62. The van der Waals surface area contributed by atoms with Gasteiger partial charge in [0.25, 0.3) is 0 Å². The van der Waals surface area contributed by atoms with Crippen molar-refractivity contribution in [3.8, 4) is 27.6 Å². The second-order valence-corrected chi connectivity index (χ2v) is 10.4. The third-order valence-corrected chi connectivity index (χ3v) is 8.10. The van der Waals surface area contributed by atoms with Gasteiger partial charge in [-0.2, -0.15) is 9.64 Å². The van der Waals surface area contributed by atoms with E-state index in [0.29, 0.717) is 27.4 Å². The molecule has 0 radical (unpaired) electrons. The molecule has 1 aliphatic carbocycles. The molecule has 0 bridgehead atoms. The number of ether oxygens (including phenoxy) is 2. The fraction of sp³-hybridized carbons (Fsp3) is 0.226. The highest BCUT2D eigenvalue weighted by Crippen LogP contribution is 2.49. The van der Waals surface area contributed by atoms with Crippen molar-refractivity contribution < 1.29 is 19.1 Å². The minimum absolute atomic E-state index is 0.200. The summed E-state index contributed by atoms with van der Waals surface area (Å²) in [6, 6.07) is 25.2. The lowest BCUT2D eigenvalue weighted by atomic mass is 9.92. The molecular formula is C31H27N3O4S. The second kappa shape index (κ2) is 10.7. The Labute approximate surface area is 231 Å². The topological polar surface area (TPSA) is 101 Å². The van der Waals surface area contributed by atoms with Crippen LogP contribution < -0.4 is 5.32 Å². The van der Waals surface area contributed by atoms with Crippen LogP contribution in [-0.4, -0.2) is 23.5 Å². The van der Waals surface area contributed by atoms with E-state index in [1.54, 1.807) is 6.92 Å². The van der Waals surface area contributed by atoms with Crippen molar-refractivity contribution in [1.29, 1.82) is 5.26 Å². The molecule has 3 aromatic carbocycles. The first-order chi connectivity index (χ1) is 18.9. The Morgan fingerprint density at radius 1 is 1.05 bits per heavy atom. The van der Waals surface area contributed by atoms with Crippen LogP contribution in [0.15, 0.2) is 72.8 Å². The Kier molecular flexibility index (Phi) is 7.18. The van der Waals surface area contributed by atoms with Gasteiger partial charge in [0.2, 0.25) is 0 Å². The first-order valence-electron chi connectivity index (χ1n) is 12.6. The number of aryl methyl sites for hydroxylation is 1. The van der Waals surface area contributed by atoms with E-state index in [-0.39, 0.29) is 5.97 Å². The lowest BCUT2D eigenvalue weighted by Crippen LogP contribution is -2.21. The highest BCUT2D eigenvalue weighted by atomic mass is 32.1. The number of nitrogens with zero attached hydrogens (tertiary/aromatic N) is 2. The number of esters is 1. The predicted molar refractivity (Wildman–Crippen MR) is 150 cm³/mol. The zero-order chi connectivity index (χ0) is 27.6. The van der Waals surface area contributed by atoms with Crippen LogP contribution in [0.3, 0.4) is 0 Å². The highest BCUT2D eigenvalue weighted by Gasteiger charge is 2.52. The highest BCUT2D eigenvalue weighted by molar-refractivity contribution is 7.10. The molecule has 1 amide bonds. The molecule has 0 spiro atoms. The van der Waals surface area contributed by atoms with Gasteiger partial charge >= 0.3 is 12.1 Å². The van der Waals surface area contributed by atoms with Gasteiger partial charge in [-0.25, -0.2) is 4.79 Å². The lowest BCUT2D eigenvalue weighted by Gasteiger charge is -2.15. The van der Waals surface area contributed by atoms with E-state index in [1.165, 1.54) is 18.6 Å². The Morgan fingerprint density at radius 3 is 2.38 bits per heavy atom. The number of hydrogen-bond acceptors (Lipinski definition) is 7. The lowest BCUT2D eigenvalue weighted by molar-refractivity contribution is -0.143. The molecule has 8 heteroatoms. The Bertz CT molecular complexity index is 1570. The summed E-state index contributed by atoms with van der Waals surface area (Å²) in [5.74, 6) is -0.200. The van der Waals surface area contributed by atoms with E-state index >= 15 is 0 Å². The van der Waals surface area contributed by atoms with Crippen LogP contribution in [-0.2, 0) is 19.7 Å². The summed E-state index contributed by atoms with van der Waals surface area (Å²) in [5.41, 5.74) is 5.42. The quantitative estimate of drug-likeness (QED) is 0.251. The molecule has 1 fully saturated rings. The number of methoxy groups -OCH3 is 1. The molecule has 1 N–H and O–H groups in total. The maximum Gasteiger partial charge on any atom is 0.412 e. The van der Waals surface area contributed by atoms with Crippen LogP contribution in [0, 0.1) is 18.3 Å². The zero-order valence-electron chi connectivity index (χ0n) is 21.9. The largest absolute Gasteiger partial charge is 0.468 e. The van der Waals surface area contributed by atoms with Gasteiger partial charge in [0, 0.05) is 5.56 Å². The third-order valence-electron chi connectivity index (χ3n) is 7.12. The van der Waals surface area contributed by atoms with Crippen molar-refractivity contribution in [3.05, 3.63) is 95.2 Å². The number of hydrogen-bond donors (Lipinski definition) is 1. The molecule has 4 aromatic rings. The fourth-order valence-corrected chi connectivity index (χ4v) is 5.60. The molecular weight excluding hydrogens is 510 g/mol. The minimum Gasteiger partial charge on any atom is -0.468 e. The molecule has 5 rings (SSSR count). The van der Waals surface area contributed by atoms with Crippen molar-refractivity contribution in [2.24, 2.45) is 0 Å². The first kappa shape index (κ1) is 26.1. The molecule has 1 saturated carbocycles. The van der Waals surface area contributed by atoms with Crippen molar-refractivity contribution in [1.82, 2.24) is 4.37 Å². The van der Waals surface area contributed by atoms with Gasteiger partial charge in [-0.05, 0) is 66.5 Å². The van der Waals surface area contributed by atoms with Crippen LogP contribution in [0.2, 0.25) is 0 Å². The summed E-state index contributed by atoms with van der Waals surface area (Å²) in [6.07, 6.45) is 0.557. The summed E-state index contributed by atoms with van der Waals surface area (Å²) in [5, 5.41) is 12.8. The Hall–Kier alpha value is -4.48. The van der Waals surface area contributed by atoms with Gasteiger partial charge < -0.3 is 9.47 Å². The van der Waals surface area contributed by atoms with Gasteiger partial charge in [-0.3, -0.25) is 10.1 Å². The number of anilines is 1. The average Bonchev–Trinajstić information content (AvgIpc) is 3.71. The second-order valence-electron chi connectivity index (χ2n) is 9.58. The number of amides is 1. The van der Waals surface area contributed by atoms with Gasteiger partial charge in [0.05, 0.1) is 40.4 Å². The first-order valence-corrected chi connectivity index (χ1v) is 13.4. The Morgan fingerprint density at radius 2 is 1.74 bits per heavy atom. The van der Waals surface area contributed by atoms with Crippen LogP contribution in [0.25, 0.3) is 21.6 Å². The molecule has 0 saturated heterocycles. The van der Waals surface area contributed by atoms with Crippen molar-refractivity contribution in [2.45, 2.75) is 38.2 Å². The maximum absolute atomic E-state index is 12.7. The van der Waals surface area contributed by atoms with Gasteiger partial charge in [0.1, 0.15) is 6.10 Å². The number of aromatic nitrogens is 1. The minimum atomic E-state index is -0.591. The van der Waals surface area contributed by atoms with E-state index in [4.69, 9.17) is 9.47 Å². The van der Waals surface area contributed by atoms with E-state index in [2.05, 4.69) is 15.8 Å². The molecule has 0 aliphatic heterocycles. The summed E-state index contributed by atoms with van der Waals surface area (Å²) in [7, 11) is 1.42. The average molecular weight is 538 g/mol.